The average Bonchev–Trinajstić information content (AvgIpc) is 3.13. The number of nitrogens with zero attached hydrogens (tertiary/aromatic N) is 2. The van der Waals surface area contributed by atoms with Crippen LogP contribution in [0.15, 0.2) is 60.9 Å². The van der Waals surface area contributed by atoms with Crippen molar-refractivity contribution in [3.05, 3.63) is 77.6 Å². The second-order valence-corrected chi connectivity index (χ2v) is 6.40. The lowest BCUT2D eigenvalue weighted by atomic mass is 10.1. The minimum Gasteiger partial charge on any atom is -0.452 e. The number of para-hydroxylation sites is 1. The van der Waals surface area contributed by atoms with Crippen LogP contribution in [0.25, 0.3) is 0 Å². The van der Waals surface area contributed by atoms with E-state index < -0.39 is 18.5 Å². The van der Waals surface area contributed by atoms with Gasteiger partial charge in [0.05, 0.1) is 23.0 Å². The number of amides is 2. The van der Waals surface area contributed by atoms with Crippen LogP contribution in [-0.2, 0) is 16.6 Å². The van der Waals surface area contributed by atoms with Gasteiger partial charge in [0.25, 0.3) is 11.8 Å². The first-order valence-electron chi connectivity index (χ1n) is 8.85. The summed E-state index contributed by atoms with van der Waals surface area (Å²) >= 11 is 0. The zero-order valence-electron chi connectivity index (χ0n) is 16.0. The van der Waals surface area contributed by atoms with Gasteiger partial charge in [-0.3, -0.25) is 14.3 Å². The van der Waals surface area contributed by atoms with Crippen molar-refractivity contribution in [3.63, 3.8) is 0 Å². The minimum atomic E-state index is -0.654. The summed E-state index contributed by atoms with van der Waals surface area (Å²) in [6, 6.07) is 14.0. The van der Waals surface area contributed by atoms with Crippen LogP contribution in [0.1, 0.15) is 26.3 Å². The lowest BCUT2D eigenvalue weighted by Crippen LogP contribution is -2.23. The maximum Gasteiger partial charge on any atom is 0.341 e. The van der Waals surface area contributed by atoms with Crippen LogP contribution in [0.3, 0.4) is 0 Å². The van der Waals surface area contributed by atoms with Gasteiger partial charge in [0, 0.05) is 18.9 Å². The molecule has 0 aliphatic rings. The number of rotatable bonds is 6. The molecule has 0 fully saturated rings. The highest BCUT2D eigenvalue weighted by Crippen LogP contribution is 2.18. The topological polar surface area (TPSA) is 102 Å². The smallest absolute Gasteiger partial charge is 0.341 e. The zero-order valence-corrected chi connectivity index (χ0v) is 16.0. The molecule has 3 rings (SSSR count). The molecule has 0 radical (unpaired) electrons. The largest absolute Gasteiger partial charge is 0.452 e. The van der Waals surface area contributed by atoms with E-state index in [1.54, 1.807) is 37.4 Å². The van der Waals surface area contributed by atoms with Gasteiger partial charge in [-0.15, -0.1) is 0 Å². The van der Waals surface area contributed by atoms with Crippen molar-refractivity contribution >= 4 is 29.2 Å². The molecule has 0 unspecified atom stereocenters. The predicted molar refractivity (Wildman–Crippen MR) is 108 cm³/mol. The fourth-order valence-corrected chi connectivity index (χ4v) is 2.64. The van der Waals surface area contributed by atoms with Crippen LogP contribution >= 0.6 is 0 Å². The molecule has 8 nitrogen and oxygen atoms in total. The SMILES string of the molecule is Cc1cccc(NC(=O)c2ccccc2NC(=O)COC(=O)c2cnn(C)c2)c1. The van der Waals surface area contributed by atoms with Crippen molar-refractivity contribution in [3.8, 4) is 0 Å². The van der Waals surface area contributed by atoms with Gasteiger partial charge >= 0.3 is 5.97 Å². The summed E-state index contributed by atoms with van der Waals surface area (Å²) in [6.45, 7) is 1.44. The summed E-state index contributed by atoms with van der Waals surface area (Å²) < 4.78 is 6.44. The molecule has 3 aromatic rings. The van der Waals surface area contributed by atoms with Crippen LogP contribution in [0.4, 0.5) is 11.4 Å². The molecule has 1 aromatic heterocycles. The second kappa shape index (κ2) is 8.83. The number of esters is 1. The van der Waals surface area contributed by atoms with E-state index in [0.29, 0.717) is 16.9 Å². The van der Waals surface area contributed by atoms with Crippen LogP contribution < -0.4 is 10.6 Å². The lowest BCUT2D eigenvalue weighted by molar-refractivity contribution is -0.119. The van der Waals surface area contributed by atoms with Crippen LogP contribution in [0.2, 0.25) is 0 Å². The van der Waals surface area contributed by atoms with Gasteiger partial charge in [-0.1, -0.05) is 24.3 Å². The van der Waals surface area contributed by atoms with E-state index in [9.17, 15) is 14.4 Å². The molecule has 0 saturated heterocycles. The number of nitrogens with one attached hydrogen (secondary N) is 2. The number of carbonyl (C=O) groups is 3. The van der Waals surface area contributed by atoms with E-state index in [0.717, 1.165) is 5.56 Å². The Balaban J connectivity index is 1.63. The molecule has 29 heavy (non-hydrogen) atoms. The molecule has 0 atom stereocenters. The first-order valence-corrected chi connectivity index (χ1v) is 8.85. The monoisotopic (exact) mass is 392 g/mol. The van der Waals surface area contributed by atoms with Crippen molar-refractivity contribution in [2.24, 2.45) is 7.05 Å². The highest BCUT2D eigenvalue weighted by Gasteiger charge is 2.16. The standard InChI is InChI=1S/C21H20N4O4/c1-14-6-5-7-16(10-14)23-20(27)17-8-3-4-9-18(17)24-19(26)13-29-21(28)15-11-22-25(2)12-15/h3-12H,13H2,1-2H3,(H,23,27)(H,24,26). The van der Waals surface area contributed by atoms with Gasteiger partial charge in [0.1, 0.15) is 0 Å². The van der Waals surface area contributed by atoms with Gasteiger partial charge in [0.2, 0.25) is 0 Å². The van der Waals surface area contributed by atoms with Gasteiger partial charge in [-0.05, 0) is 36.8 Å². The van der Waals surface area contributed by atoms with Gasteiger partial charge in [-0.2, -0.15) is 5.10 Å². The fraction of sp³-hybridized carbons (Fsp3) is 0.143. The third-order valence-corrected chi connectivity index (χ3v) is 4.00. The summed E-state index contributed by atoms with van der Waals surface area (Å²) in [7, 11) is 1.67. The van der Waals surface area contributed by atoms with E-state index >= 15 is 0 Å². The number of carbonyl (C=O) groups excluding carboxylic acids is 3. The fourth-order valence-electron chi connectivity index (χ4n) is 2.64. The summed E-state index contributed by atoms with van der Waals surface area (Å²) in [6.07, 6.45) is 2.84. The summed E-state index contributed by atoms with van der Waals surface area (Å²) in [5, 5.41) is 9.28. The molecule has 2 amide bonds. The maximum atomic E-state index is 12.6. The van der Waals surface area contributed by atoms with E-state index in [1.807, 2.05) is 25.1 Å². The number of hydrogen-bond donors (Lipinski definition) is 2. The van der Waals surface area contributed by atoms with Gasteiger partial charge < -0.3 is 15.4 Å². The molecule has 0 spiro atoms. The van der Waals surface area contributed by atoms with Gasteiger partial charge in [-0.25, -0.2) is 4.79 Å². The van der Waals surface area contributed by atoms with Crippen molar-refractivity contribution in [2.45, 2.75) is 6.92 Å². The minimum absolute atomic E-state index is 0.248. The Morgan fingerprint density at radius 2 is 1.86 bits per heavy atom. The van der Waals surface area contributed by atoms with Crippen LogP contribution in [0.5, 0.6) is 0 Å². The average molecular weight is 392 g/mol. The third kappa shape index (κ3) is 5.29. The number of benzene rings is 2. The number of hydrogen-bond acceptors (Lipinski definition) is 5. The second-order valence-electron chi connectivity index (χ2n) is 6.40. The Labute approximate surface area is 167 Å². The highest BCUT2D eigenvalue weighted by atomic mass is 16.5. The zero-order chi connectivity index (χ0) is 20.8. The van der Waals surface area contributed by atoms with Crippen molar-refractivity contribution < 1.29 is 19.1 Å². The molecule has 0 aliphatic carbocycles. The van der Waals surface area contributed by atoms with E-state index in [4.69, 9.17) is 4.74 Å². The Hall–Kier alpha value is -3.94. The molecule has 2 aromatic carbocycles. The van der Waals surface area contributed by atoms with Crippen molar-refractivity contribution in [2.75, 3.05) is 17.2 Å². The number of aromatic nitrogens is 2. The molecule has 2 N–H and O–H groups in total. The molecular weight excluding hydrogens is 372 g/mol. The molecule has 8 heteroatoms. The van der Waals surface area contributed by atoms with Crippen LogP contribution in [-0.4, -0.2) is 34.2 Å². The Morgan fingerprint density at radius 1 is 1.07 bits per heavy atom. The first kappa shape index (κ1) is 19.8. The molecule has 0 bridgehead atoms. The lowest BCUT2D eigenvalue weighted by Gasteiger charge is -2.12. The Kier molecular flexibility index (Phi) is 6.03. The van der Waals surface area contributed by atoms with E-state index in [2.05, 4.69) is 15.7 Å². The maximum absolute atomic E-state index is 12.6. The summed E-state index contributed by atoms with van der Waals surface area (Å²) in [5.41, 5.74) is 2.53. The predicted octanol–water partition coefficient (Wildman–Crippen LogP) is 2.78. The molecular formula is C21H20N4O4. The number of anilines is 2. The number of ether oxygens (including phenoxy) is 1. The number of aryl methyl sites for hydroxylation is 2. The highest BCUT2D eigenvalue weighted by molar-refractivity contribution is 6.10. The first-order chi connectivity index (χ1) is 13.9. The molecule has 0 saturated carbocycles. The normalized spacial score (nSPS) is 10.3. The molecule has 1 heterocycles. The molecule has 0 aliphatic heterocycles. The quantitative estimate of drug-likeness (QED) is 0.628. The summed E-state index contributed by atoms with van der Waals surface area (Å²) in [5.74, 6) is -1.57. The van der Waals surface area contributed by atoms with Crippen molar-refractivity contribution in [1.29, 1.82) is 0 Å². The Bertz CT molecular complexity index is 1060. The molecule has 148 valence electrons. The van der Waals surface area contributed by atoms with Crippen molar-refractivity contribution in [1.82, 2.24) is 9.78 Å². The van der Waals surface area contributed by atoms with E-state index in [-0.39, 0.29) is 11.5 Å². The third-order valence-electron chi connectivity index (χ3n) is 4.00. The summed E-state index contributed by atoms with van der Waals surface area (Å²) in [4.78, 5) is 36.7. The Morgan fingerprint density at radius 3 is 2.59 bits per heavy atom. The van der Waals surface area contributed by atoms with E-state index in [1.165, 1.54) is 17.1 Å². The van der Waals surface area contributed by atoms with Crippen LogP contribution in [0, 0.1) is 6.92 Å². The van der Waals surface area contributed by atoms with Gasteiger partial charge in [0.15, 0.2) is 6.61 Å².